The highest BCUT2D eigenvalue weighted by Crippen LogP contribution is 2.52. The zero-order valence-corrected chi connectivity index (χ0v) is 23.3. The Labute approximate surface area is 230 Å². The third-order valence-electron chi connectivity index (χ3n) is 7.47. The number of aromatic nitrogens is 2. The Morgan fingerprint density at radius 3 is 2.49 bits per heavy atom. The summed E-state index contributed by atoms with van der Waals surface area (Å²) >= 11 is 0. The molecule has 2 heterocycles. The molecule has 2 aliphatic rings. The molecule has 1 atom stereocenters. The van der Waals surface area contributed by atoms with Gasteiger partial charge in [-0.25, -0.2) is 4.79 Å². The number of piperidine rings is 1. The van der Waals surface area contributed by atoms with Gasteiger partial charge in [0.2, 0.25) is 0 Å². The van der Waals surface area contributed by atoms with Gasteiger partial charge in [0.05, 0.1) is 6.20 Å². The first-order chi connectivity index (χ1) is 18.4. The van der Waals surface area contributed by atoms with Crippen LogP contribution in [-0.2, 0) is 4.74 Å². The highest BCUT2D eigenvalue weighted by Gasteiger charge is 2.46. The van der Waals surface area contributed by atoms with Crippen molar-refractivity contribution < 1.29 is 14.6 Å². The number of hydrogen-bond donors (Lipinski definition) is 4. The topological polar surface area (TPSA) is 146 Å². The highest BCUT2D eigenvalue weighted by atomic mass is 16.6. The van der Waals surface area contributed by atoms with Crippen LogP contribution in [0.5, 0.6) is 5.75 Å². The third kappa shape index (κ3) is 6.69. The molecule has 9 nitrogen and oxygen atoms in total. The zero-order valence-electron chi connectivity index (χ0n) is 23.3. The predicted octanol–water partition coefficient (Wildman–Crippen LogP) is 4.17. The summed E-state index contributed by atoms with van der Waals surface area (Å²) in [4.78, 5) is 14.2. The summed E-state index contributed by atoms with van der Waals surface area (Å²) in [6.45, 7) is 9.16. The van der Waals surface area contributed by atoms with E-state index in [0.717, 1.165) is 38.8 Å². The molecule has 1 amide bonds. The Balaban J connectivity index is 1.34. The molecule has 1 saturated heterocycles. The molecule has 208 valence electrons. The first-order valence-corrected chi connectivity index (χ1v) is 13.4. The normalized spacial score (nSPS) is 18.1. The summed E-state index contributed by atoms with van der Waals surface area (Å²) in [5, 5.41) is 14.6. The van der Waals surface area contributed by atoms with Crippen LogP contribution in [0.4, 0.5) is 4.79 Å². The number of allylic oxidation sites excluding steroid dienone is 2. The molecular formula is C30H40N6O3. The van der Waals surface area contributed by atoms with Gasteiger partial charge in [0.1, 0.15) is 23.2 Å². The van der Waals surface area contributed by atoms with E-state index in [0.29, 0.717) is 28.3 Å². The Kier molecular flexibility index (Phi) is 7.86. The molecule has 1 spiro atoms. The number of nitrogens with two attached hydrogens (primary N) is 3. The van der Waals surface area contributed by atoms with Crippen LogP contribution in [0.2, 0.25) is 0 Å². The molecule has 0 radical (unpaired) electrons. The molecule has 9 heteroatoms. The van der Waals surface area contributed by atoms with Gasteiger partial charge in [-0.05, 0) is 77.0 Å². The number of nitrogens with zero attached hydrogens (tertiary/aromatic N) is 3. The Morgan fingerprint density at radius 1 is 1.21 bits per heavy atom. The van der Waals surface area contributed by atoms with Crippen molar-refractivity contribution in [3.63, 3.8) is 0 Å². The molecule has 2 fully saturated rings. The summed E-state index contributed by atoms with van der Waals surface area (Å²) < 4.78 is 7.30. The van der Waals surface area contributed by atoms with Crippen molar-refractivity contribution in [3.8, 4) is 17.6 Å². The van der Waals surface area contributed by atoms with Crippen molar-refractivity contribution in [2.45, 2.75) is 65.0 Å². The Hall–Kier alpha value is -4.06. The second kappa shape index (κ2) is 11.0. The predicted molar refractivity (Wildman–Crippen MR) is 152 cm³/mol. The minimum atomic E-state index is -0.472. The maximum Gasteiger partial charge on any atom is 0.410 e. The molecule has 4 rings (SSSR count). The smallest absolute Gasteiger partial charge is 0.410 e. The third-order valence-corrected chi connectivity index (χ3v) is 7.47. The molecule has 1 aliphatic heterocycles. The summed E-state index contributed by atoms with van der Waals surface area (Å²) in [5.41, 5.74) is 20.0. The van der Waals surface area contributed by atoms with Crippen molar-refractivity contribution >= 4 is 17.4 Å². The average molecular weight is 533 g/mol. The van der Waals surface area contributed by atoms with E-state index in [1.54, 1.807) is 41.2 Å². The average Bonchev–Trinajstić information content (AvgIpc) is 3.33. The fourth-order valence-corrected chi connectivity index (χ4v) is 5.26. The van der Waals surface area contributed by atoms with Gasteiger partial charge in [0, 0.05) is 47.6 Å². The number of phenols is 1. The Morgan fingerprint density at radius 2 is 1.87 bits per heavy atom. The lowest BCUT2D eigenvalue weighted by atomic mass is 9.58. The molecule has 1 unspecified atom stereocenters. The van der Waals surface area contributed by atoms with Crippen LogP contribution in [0.3, 0.4) is 0 Å². The number of phenolic OH excluding ortho intramolecular Hbond substituents is 1. The summed E-state index contributed by atoms with van der Waals surface area (Å²) in [6, 6.07) is 6.68. The first-order valence-electron chi connectivity index (χ1n) is 13.4. The lowest BCUT2D eigenvalue weighted by molar-refractivity contribution is -0.0157. The zero-order chi connectivity index (χ0) is 28.4. The van der Waals surface area contributed by atoms with Crippen LogP contribution in [0.15, 0.2) is 48.6 Å². The van der Waals surface area contributed by atoms with Crippen LogP contribution in [-0.4, -0.2) is 44.6 Å². The van der Waals surface area contributed by atoms with E-state index >= 15 is 0 Å². The fraction of sp³-hybridized carbons (Fsp3) is 0.467. The monoisotopic (exact) mass is 532 g/mol. The number of amides is 1. The second-order valence-corrected chi connectivity index (χ2v) is 11.7. The molecule has 2 aromatic rings. The van der Waals surface area contributed by atoms with Gasteiger partial charge in [-0.2, -0.15) is 5.10 Å². The molecular weight excluding hydrogens is 492 g/mol. The second-order valence-electron chi connectivity index (χ2n) is 11.7. The van der Waals surface area contributed by atoms with Crippen molar-refractivity contribution in [1.82, 2.24) is 14.7 Å². The van der Waals surface area contributed by atoms with E-state index < -0.39 is 5.60 Å². The number of carbonyl (C=O) groups is 1. The highest BCUT2D eigenvalue weighted by molar-refractivity contribution is 5.84. The van der Waals surface area contributed by atoms with Crippen molar-refractivity contribution in [2.24, 2.45) is 28.5 Å². The molecule has 1 saturated carbocycles. The van der Waals surface area contributed by atoms with Crippen LogP contribution in [0.25, 0.3) is 11.3 Å². The van der Waals surface area contributed by atoms with Gasteiger partial charge in [0.15, 0.2) is 0 Å². The van der Waals surface area contributed by atoms with Gasteiger partial charge in [-0.15, -0.1) is 0 Å². The van der Waals surface area contributed by atoms with Gasteiger partial charge in [-0.3, -0.25) is 4.68 Å². The lowest BCUT2D eigenvalue weighted by Gasteiger charge is -2.50. The van der Waals surface area contributed by atoms with Gasteiger partial charge in [-0.1, -0.05) is 24.0 Å². The Bertz CT molecular complexity index is 1320. The number of carbonyl (C=O) groups excluding carboxylic acids is 1. The molecule has 39 heavy (non-hydrogen) atoms. The van der Waals surface area contributed by atoms with Gasteiger partial charge >= 0.3 is 6.09 Å². The largest absolute Gasteiger partial charge is 0.507 e. The van der Waals surface area contributed by atoms with Crippen molar-refractivity contribution in [3.05, 3.63) is 59.7 Å². The number of ether oxygens (including phenoxy) is 1. The van der Waals surface area contributed by atoms with Crippen molar-refractivity contribution in [2.75, 3.05) is 13.1 Å². The van der Waals surface area contributed by atoms with E-state index in [1.165, 1.54) is 0 Å². The fourth-order valence-electron chi connectivity index (χ4n) is 5.26. The molecule has 7 N–H and O–H groups in total. The van der Waals surface area contributed by atoms with E-state index in [4.69, 9.17) is 21.9 Å². The number of rotatable bonds is 4. The number of benzene rings is 1. The molecule has 1 aliphatic carbocycles. The van der Waals surface area contributed by atoms with Gasteiger partial charge < -0.3 is 31.9 Å². The van der Waals surface area contributed by atoms with E-state index in [9.17, 15) is 9.90 Å². The summed E-state index contributed by atoms with van der Waals surface area (Å²) in [6.07, 6.45) is 9.07. The lowest BCUT2D eigenvalue weighted by Crippen LogP contribution is -2.49. The summed E-state index contributed by atoms with van der Waals surface area (Å²) in [5.74, 6) is 7.31. The van der Waals surface area contributed by atoms with Crippen LogP contribution < -0.4 is 17.2 Å². The molecule has 1 aromatic carbocycles. The SMILES string of the molecule is CC(C#CC1CC2(CCN(C(=O)OC(C)(C)C)CC2)C1)n1cc(C(/C=C(\N)c2ccccc2O)=C(N)N)cn1. The van der Waals surface area contributed by atoms with E-state index in [1.807, 2.05) is 38.8 Å². The van der Waals surface area contributed by atoms with Crippen molar-refractivity contribution in [1.29, 1.82) is 0 Å². The number of hydrogen-bond acceptors (Lipinski definition) is 7. The standard InChI is InChI=1S/C30H40N6O3/c1-20(9-10-21-16-30(17-21)11-13-35(14-12-30)28(38)39-29(2,3)4)36-19-22(18-34-36)24(27(32)33)15-25(31)23-7-5-6-8-26(23)37/h5-8,15,18-21,37H,11-14,16-17,31-33H2,1-4H3/b25-15-. The maximum absolute atomic E-state index is 12.4. The molecule has 1 aromatic heterocycles. The maximum atomic E-state index is 12.4. The van der Waals surface area contributed by atoms with Crippen LogP contribution in [0, 0.1) is 23.2 Å². The van der Waals surface area contributed by atoms with Crippen LogP contribution >= 0.6 is 0 Å². The van der Waals surface area contributed by atoms with Crippen LogP contribution in [0.1, 0.15) is 70.5 Å². The number of likely N-dealkylation sites (tertiary alicyclic amines) is 1. The first kappa shape index (κ1) is 28.0. The van der Waals surface area contributed by atoms with E-state index in [-0.39, 0.29) is 29.1 Å². The number of aromatic hydroxyl groups is 1. The quantitative estimate of drug-likeness (QED) is 0.341. The minimum Gasteiger partial charge on any atom is -0.507 e. The molecule has 0 bridgehead atoms. The minimum absolute atomic E-state index is 0.0761. The van der Waals surface area contributed by atoms with Gasteiger partial charge in [0.25, 0.3) is 0 Å². The number of para-hydroxylation sites is 1. The van der Waals surface area contributed by atoms with E-state index in [2.05, 4.69) is 16.9 Å². The summed E-state index contributed by atoms with van der Waals surface area (Å²) in [7, 11) is 0.